The third-order valence-corrected chi connectivity index (χ3v) is 4.38. The Balaban J connectivity index is 2.02. The molecule has 1 amide bonds. The molecule has 0 aliphatic carbocycles. The van der Waals surface area contributed by atoms with Crippen LogP contribution in [0.25, 0.3) is 0 Å². The summed E-state index contributed by atoms with van der Waals surface area (Å²) < 4.78 is 0.721. The average molecular weight is 353 g/mol. The summed E-state index contributed by atoms with van der Waals surface area (Å²) in [6.07, 6.45) is 1.01. The fourth-order valence-electron chi connectivity index (χ4n) is 1.85. The SMILES string of the molecule is CCc1ccc(CNC(=O)c2cccc(Br)c2Cl)cc1. The summed E-state index contributed by atoms with van der Waals surface area (Å²) in [6, 6.07) is 13.5. The number of benzene rings is 2. The predicted molar refractivity (Wildman–Crippen MR) is 86.1 cm³/mol. The first-order valence-electron chi connectivity index (χ1n) is 6.42. The summed E-state index contributed by atoms with van der Waals surface area (Å²) >= 11 is 9.42. The van der Waals surface area contributed by atoms with Gasteiger partial charge < -0.3 is 5.32 Å². The minimum absolute atomic E-state index is 0.170. The molecule has 4 heteroatoms. The lowest BCUT2D eigenvalue weighted by Gasteiger charge is -2.08. The standard InChI is InChI=1S/C16H15BrClNO/c1-2-11-6-8-12(9-7-11)10-19-16(20)13-4-3-5-14(17)15(13)18/h3-9H,2,10H2,1H3,(H,19,20). The molecule has 0 fully saturated rings. The summed E-state index contributed by atoms with van der Waals surface area (Å²) in [7, 11) is 0. The van der Waals surface area contributed by atoms with Gasteiger partial charge in [0.05, 0.1) is 10.6 Å². The van der Waals surface area contributed by atoms with E-state index in [1.807, 2.05) is 18.2 Å². The molecule has 0 aliphatic heterocycles. The topological polar surface area (TPSA) is 29.1 Å². The van der Waals surface area contributed by atoms with Crippen molar-refractivity contribution in [1.82, 2.24) is 5.32 Å². The molecule has 0 aromatic heterocycles. The van der Waals surface area contributed by atoms with Crippen molar-refractivity contribution in [3.05, 3.63) is 68.7 Å². The molecule has 0 bridgehead atoms. The van der Waals surface area contributed by atoms with Crippen LogP contribution in [-0.2, 0) is 13.0 Å². The monoisotopic (exact) mass is 351 g/mol. The number of carbonyl (C=O) groups excluding carboxylic acids is 1. The number of hydrogen-bond donors (Lipinski definition) is 1. The van der Waals surface area contributed by atoms with Gasteiger partial charge in [0.2, 0.25) is 0 Å². The van der Waals surface area contributed by atoms with Gasteiger partial charge in [-0.1, -0.05) is 48.9 Å². The zero-order valence-corrected chi connectivity index (χ0v) is 13.5. The van der Waals surface area contributed by atoms with Crippen molar-refractivity contribution in [1.29, 1.82) is 0 Å². The van der Waals surface area contributed by atoms with Crippen LogP contribution in [0.1, 0.15) is 28.4 Å². The first-order valence-corrected chi connectivity index (χ1v) is 7.59. The van der Waals surface area contributed by atoms with Crippen LogP contribution in [0.5, 0.6) is 0 Å². The maximum Gasteiger partial charge on any atom is 0.253 e. The Morgan fingerprint density at radius 1 is 1.15 bits per heavy atom. The number of aryl methyl sites for hydroxylation is 1. The molecular weight excluding hydrogens is 338 g/mol. The number of amides is 1. The highest BCUT2D eigenvalue weighted by molar-refractivity contribution is 9.10. The molecule has 0 saturated heterocycles. The van der Waals surface area contributed by atoms with Gasteiger partial charge in [0, 0.05) is 11.0 Å². The van der Waals surface area contributed by atoms with Crippen molar-refractivity contribution in [2.24, 2.45) is 0 Å². The molecule has 2 aromatic carbocycles. The quantitative estimate of drug-likeness (QED) is 0.856. The summed E-state index contributed by atoms with van der Waals surface area (Å²) in [4.78, 5) is 12.1. The Morgan fingerprint density at radius 2 is 1.80 bits per heavy atom. The fourth-order valence-corrected chi connectivity index (χ4v) is 2.43. The minimum atomic E-state index is -0.170. The van der Waals surface area contributed by atoms with E-state index < -0.39 is 0 Å². The Morgan fingerprint density at radius 3 is 2.45 bits per heavy atom. The number of halogens is 2. The molecular formula is C16H15BrClNO. The Labute approximate surface area is 132 Å². The van der Waals surface area contributed by atoms with Crippen LogP contribution in [0.4, 0.5) is 0 Å². The summed E-state index contributed by atoms with van der Waals surface area (Å²) in [5.41, 5.74) is 2.84. The lowest BCUT2D eigenvalue weighted by molar-refractivity contribution is 0.0951. The summed E-state index contributed by atoms with van der Waals surface area (Å²) in [5.74, 6) is -0.170. The molecule has 1 N–H and O–H groups in total. The fraction of sp³-hybridized carbons (Fsp3) is 0.188. The second-order valence-corrected chi connectivity index (χ2v) is 5.69. The maximum absolute atomic E-state index is 12.1. The maximum atomic E-state index is 12.1. The predicted octanol–water partition coefficient (Wildman–Crippen LogP) is 4.59. The number of carbonyl (C=O) groups is 1. The van der Waals surface area contributed by atoms with Gasteiger partial charge in [-0.25, -0.2) is 0 Å². The van der Waals surface area contributed by atoms with Crippen LogP contribution in [0.15, 0.2) is 46.9 Å². The van der Waals surface area contributed by atoms with E-state index in [2.05, 4.69) is 40.3 Å². The highest BCUT2D eigenvalue weighted by atomic mass is 79.9. The van der Waals surface area contributed by atoms with Gasteiger partial charge in [0.15, 0.2) is 0 Å². The van der Waals surface area contributed by atoms with E-state index >= 15 is 0 Å². The average Bonchev–Trinajstić information content (AvgIpc) is 2.48. The zero-order chi connectivity index (χ0) is 14.5. The molecule has 2 nitrogen and oxygen atoms in total. The molecule has 0 unspecified atom stereocenters. The smallest absolute Gasteiger partial charge is 0.253 e. The molecule has 2 rings (SSSR count). The van der Waals surface area contributed by atoms with Gasteiger partial charge >= 0.3 is 0 Å². The molecule has 2 aromatic rings. The van der Waals surface area contributed by atoms with Crippen LogP contribution in [0.2, 0.25) is 5.02 Å². The number of nitrogens with one attached hydrogen (secondary N) is 1. The van der Waals surface area contributed by atoms with Crippen molar-refractivity contribution in [2.75, 3.05) is 0 Å². The lowest BCUT2D eigenvalue weighted by Crippen LogP contribution is -2.23. The first-order chi connectivity index (χ1) is 9.61. The van der Waals surface area contributed by atoms with E-state index in [9.17, 15) is 4.79 Å². The zero-order valence-electron chi connectivity index (χ0n) is 11.1. The molecule has 0 heterocycles. The highest BCUT2D eigenvalue weighted by Gasteiger charge is 2.11. The van der Waals surface area contributed by atoms with Gasteiger partial charge in [0.1, 0.15) is 0 Å². The van der Waals surface area contributed by atoms with E-state index in [1.165, 1.54) is 5.56 Å². The van der Waals surface area contributed by atoms with Gasteiger partial charge in [-0.2, -0.15) is 0 Å². The molecule has 0 saturated carbocycles. The molecule has 0 radical (unpaired) electrons. The van der Waals surface area contributed by atoms with Crippen LogP contribution in [-0.4, -0.2) is 5.91 Å². The molecule has 0 aliphatic rings. The second-order valence-electron chi connectivity index (χ2n) is 4.45. The highest BCUT2D eigenvalue weighted by Crippen LogP contribution is 2.25. The lowest BCUT2D eigenvalue weighted by atomic mass is 10.1. The molecule has 20 heavy (non-hydrogen) atoms. The van der Waals surface area contributed by atoms with Gasteiger partial charge in [0.25, 0.3) is 5.91 Å². The van der Waals surface area contributed by atoms with E-state index in [0.717, 1.165) is 16.5 Å². The summed E-state index contributed by atoms with van der Waals surface area (Å²) in [5, 5.41) is 3.31. The van der Waals surface area contributed by atoms with Crippen molar-refractivity contribution >= 4 is 33.4 Å². The van der Waals surface area contributed by atoms with Crippen LogP contribution < -0.4 is 5.32 Å². The van der Waals surface area contributed by atoms with Crippen LogP contribution >= 0.6 is 27.5 Å². The van der Waals surface area contributed by atoms with Gasteiger partial charge in [-0.05, 0) is 45.6 Å². The van der Waals surface area contributed by atoms with Crippen molar-refractivity contribution in [3.8, 4) is 0 Å². The largest absolute Gasteiger partial charge is 0.348 e. The van der Waals surface area contributed by atoms with Crippen molar-refractivity contribution in [3.63, 3.8) is 0 Å². The Bertz CT molecular complexity index is 610. The summed E-state index contributed by atoms with van der Waals surface area (Å²) in [6.45, 7) is 2.61. The van der Waals surface area contributed by atoms with E-state index in [-0.39, 0.29) is 5.91 Å². The van der Waals surface area contributed by atoms with Crippen LogP contribution in [0.3, 0.4) is 0 Å². The van der Waals surface area contributed by atoms with Crippen LogP contribution in [0, 0.1) is 0 Å². The van der Waals surface area contributed by atoms with Crippen molar-refractivity contribution in [2.45, 2.75) is 19.9 Å². The normalized spacial score (nSPS) is 10.3. The third kappa shape index (κ3) is 3.62. The minimum Gasteiger partial charge on any atom is -0.348 e. The third-order valence-electron chi connectivity index (χ3n) is 3.08. The first kappa shape index (κ1) is 15.1. The molecule has 104 valence electrons. The van der Waals surface area contributed by atoms with Gasteiger partial charge in [-0.15, -0.1) is 0 Å². The van der Waals surface area contributed by atoms with Crippen molar-refractivity contribution < 1.29 is 4.79 Å². The molecule has 0 spiro atoms. The van der Waals surface area contributed by atoms with E-state index in [0.29, 0.717) is 17.1 Å². The second kappa shape index (κ2) is 6.91. The Hall–Kier alpha value is -1.32. The van der Waals surface area contributed by atoms with Gasteiger partial charge in [-0.3, -0.25) is 4.79 Å². The Kier molecular flexibility index (Phi) is 5.21. The van der Waals surface area contributed by atoms with E-state index in [1.54, 1.807) is 12.1 Å². The number of rotatable bonds is 4. The number of hydrogen-bond acceptors (Lipinski definition) is 1. The van der Waals surface area contributed by atoms with E-state index in [4.69, 9.17) is 11.6 Å². The molecule has 0 atom stereocenters.